The monoisotopic (exact) mass is 238 g/mol. The third-order valence-corrected chi connectivity index (χ3v) is 2.54. The normalized spacial score (nSPS) is 12.1. The van der Waals surface area contributed by atoms with E-state index in [9.17, 15) is 0 Å². The minimum absolute atomic E-state index is 0.291. The van der Waals surface area contributed by atoms with Crippen LogP contribution in [-0.2, 0) is 11.3 Å². The smallest absolute Gasteiger partial charge is 0.101 e. The first kappa shape index (κ1) is 13.0. The van der Waals surface area contributed by atoms with Crippen LogP contribution in [0.5, 0.6) is 0 Å². The van der Waals surface area contributed by atoms with E-state index in [1.165, 1.54) is 0 Å². The van der Waals surface area contributed by atoms with Gasteiger partial charge in [0.2, 0.25) is 0 Å². The molecule has 4 heteroatoms. The Morgan fingerprint density at radius 1 is 1.56 bits per heavy atom. The van der Waals surface area contributed by atoms with Crippen LogP contribution in [0.2, 0.25) is 5.02 Å². The molecule has 16 heavy (non-hydrogen) atoms. The number of rotatable bonds is 5. The molecule has 0 amide bonds. The van der Waals surface area contributed by atoms with Gasteiger partial charge in [0.25, 0.3) is 0 Å². The van der Waals surface area contributed by atoms with Crippen molar-refractivity contribution in [1.82, 2.24) is 5.32 Å². The predicted molar refractivity (Wildman–Crippen MR) is 64.3 cm³/mol. The maximum atomic E-state index is 8.73. The molecule has 1 aromatic rings. The second-order valence-electron chi connectivity index (χ2n) is 3.66. The van der Waals surface area contributed by atoms with E-state index in [0.717, 1.165) is 12.1 Å². The standard InChI is InChI=1S/C12H15ClN2O/c1-9(8-16-2)15-7-10-3-4-11(6-14)12(13)5-10/h3-5,9,15H,7-8H2,1-2H3/t9-/m1/s1. The molecular formula is C12H15ClN2O. The minimum Gasteiger partial charge on any atom is -0.383 e. The van der Waals surface area contributed by atoms with Crippen molar-refractivity contribution in [1.29, 1.82) is 5.26 Å². The molecule has 0 saturated carbocycles. The molecule has 0 saturated heterocycles. The molecule has 0 aromatic heterocycles. The second-order valence-corrected chi connectivity index (χ2v) is 4.07. The quantitative estimate of drug-likeness (QED) is 0.857. The summed E-state index contributed by atoms with van der Waals surface area (Å²) in [6, 6.07) is 7.77. The highest BCUT2D eigenvalue weighted by atomic mass is 35.5. The van der Waals surface area contributed by atoms with Crippen LogP contribution in [0.15, 0.2) is 18.2 Å². The zero-order valence-corrected chi connectivity index (χ0v) is 10.2. The average molecular weight is 239 g/mol. The van der Waals surface area contributed by atoms with Gasteiger partial charge in [0.1, 0.15) is 6.07 Å². The summed E-state index contributed by atoms with van der Waals surface area (Å²) in [7, 11) is 1.68. The van der Waals surface area contributed by atoms with Crippen molar-refractivity contribution in [2.45, 2.75) is 19.5 Å². The van der Waals surface area contributed by atoms with Crippen LogP contribution in [0.25, 0.3) is 0 Å². The van der Waals surface area contributed by atoms with Gasteiger partial charge in [-0.05, 0) is 24.6 Å². The topological polar surface area (TPSA) is 45.0 Å². The number of halogens is 1. The van der Waals surface area contributed by atoms with Gasteiger partial charge < -0.3 is 10.1 Å². The molecule has 1 rings (SSSR count). The summed E-state index contributed by atoms with van der Waals surface area (Å²) in [4.78, 5) is 0. The fraction of sp³-hybridized carbons (Fsp3) is 0.417. The highest BCUT2D eigenvalue weighted by Crippen LogP contribution is 2.16. The number of nitrogens with one attached hydrogen (secondary N) is 1. The van der Waals surface area contributed by atoms with E-state index in [4.69, 9.17) is 21.6 Å². The number of nitriles is 1. The molecule has 0 bridgehead atoms. The maximum absolute atomic E-state index is 8.73. The number of hydrogen-bond donors (Lipinski definition) is 1. The van der Waals surface area contributed by atoms with Crippen LogP contribution in [0.4, 0.5) is 0 Å². The van der Waals surface area contributed by atoms with Gasteiger partial charge in [0.15, 0.2) is 0 Å². The van der Waals surface area contributed by atoms with Gasteiger partial charge in [0.05, 0.1) is 17.2 Å². The summed E-state index contributed by atoms with van der Waals surface area (Å²) in [6.07, 6.45) is 0. The number of benzene rings is 1. The van der Waals surface area contributed by atoms with Gasteiger partial charge in [-0.1, -0.05) is 17.7 Å². The molecule has 0 aliphatic carbocycles. The SMILES string of the molecule is COC[C@@H](C)NCc1ccc(C#N)c(Cl)c1. The summed E-state index contributed by atoms with van der Waals surface area (Å²) in [5, 5.41) is 12.5. The lowest BCUT2D eigenvalue weighted by molar-refractivity contribution is 0.171. The molecule has 1 aromatic carbocycles. The first-order valence-corrected chi connectivity index (χ1v) is 5.46. The van der Waals surface area contributed by atoms with Crippen LogP contribution in [0.3, 0.4) is 0 Å². The second kappa shape index (κ2) is 6.49. The number of methoxy groups -OCH3 is 1. The lowest BCUT2D eigenvalue weighted by Gasteiger charge is -2.12. The lowest BCUT2D eigenvalue weighted by atomic mass is 10.1. The maximum Gasteiger partial charge on any atom is 0.101 e. The van der Waals surface area contributed by atoms with E-state index >= 15 is 0 Å². The summed E-state index contributed by atoms with van der Waals surface area (Å²) in [5.41, 5.74) is 1.57. The molecule has 0 radical (unpaired) electrons. The molecule has 0 heterocycles. The molecule has 86 valence electrons. The first-order chi connectivity index (χ1) is 7.67. The van der Waals surface area contributed by atoms with Crippen LogP contribution < -0.4 is 5.32 Å². The highest BCUT2D eigenvalue weighted by molar-refractivity contribution is 6.31. The highest BCUT2D eigenvalue weighted by Gasteiger charge is 2.03. The van der Waals surface area contributed by atoms with Crippen LogP contribution in [0, 0.1) is 11.3 Å². The Morgan fingerprint density at radius 3 is 2.88 bits per heavy atom. The molecule has 1 N–H and O–H groups in total. The lowest BCUT2D eigenvalue weighted by Crippen LogP contribution is -2.29. The van der Waals surface area contributed by atoms with Crippen molar-refractivity contribution in [2.75, 3.05) is 13.7 Å². The summed E-state index contributed by atoms with van der Waals surface area (Å²) >= 11 is 5.93. The zero-order valence-electron chi connectivity index (χ0n) is 9.46. The van der Waals surface area contributed by atoms with E-state index in [2.05, 4.69) is 12.2 Å². The summed E-state index contributed by atoms with van der Waals surface area (Å²) in [5.74, 6) is 0. The Kier molecular flexibility index (Phi) is 5.27. The Hall–Kier alpha value is -1.08. The Balaban J connectivity index is 2.56. The molecule has 0 unspecified atom stereocenters. The number of hydrogen-bond acceptors (Lipinski definition) is 3. The van der Waals surface area contributed by atoms with Gasteiger partial charge in [0, 0.05) is 19.7 Å². The van der Waals surface area contributed by atoms with Gasteiger partial charge in [-0.25, -0.2) is 0 Å². The van der Waals surface area contributed by atoms with Crippen molar-refractivity contribution in [3.05, 3.63) is 34.3 Å². The van der Waals surface area contributed by atoms with E-state index in [0.29, 0.717) is 23.2 Å². The molecule has 0 aliphatic heterocycles. The minimum atomic E-state index is 0.291. The summed E-state index contributed by atoms with van der Waals surface area (Å²) in [6.45, 7) is 3.44. The van der Waals surface area contributed by atoms with E-state index in [-0.39, 0.29) is 0 Å². The summed E-state index contributed by atoms with van der Waals surface area (Å²) < 4.78 is 5.02. The molecule has 1 atom stereocenters. The van der Waals surface area contributed by atoms with Gasteiger partial charge in [-0.2, -0.15) is 5.26 Å². The predicted octanol–water partition coefficient (Wildman–Crippen LogP) is 2.34. The van der Waals surface area contributed by atoms with Gasteiger partial charge in [-0.3, -0.25) is 0 Å². The molecule has 0 spiro atoms. The number of nitrogens with zero attached hydrogens (tertiary/aromatic N) is 1. The average Bonchev–Trinajstić information content (AvgIpc) is 2.27. The Labute approximate surface area is 101 Å². The molecule has 0 fully saturated rings. The van der Waals surface area contributed by atoms with Crippen LogP contribution in [0.1, 0.15) is 18.1 Å². The van der Waals surface area contributed by atoms with E-state index < -0.39 is 0 Å². The van der Waals surface area contributed by atoms with Crippen molar-refractivity contribution >= 4 is 11.6 Å². The first-order valence-electron chi connectivity index (χ1n) is 5.08. The fourth-order valence-corrected chi connectivity index (χ4v) is 1.61. The van der Waals surface area contributed by atoms with Gasteiger partial charge in [-0.15, -0.1) is 0 Å². The van der Waals surface area contributed by atoms with Gasteiger partial charge >= 0.3 is 0 Å². The Morgan fingerprint density at radius 2 is 2.31 bits per heavy atom. The van der Waals surface area contributed by atoms with Crippen LogP contribution >= 0.6 is 11.6 Å². The Bertz CT molecular complexity index is 387. The third-order valence-electron chi connectivity index (χ3n) is 2.23. The van der Waals surface area contributed by atoms with E-state index in [1.54, 1.807) is 13.2 Å². The number of ether oxygens (including phenoxy) is 1. The van der Waals surface area contributed by atoms with E-state index in [1.807, 2.05) is 18.2 Å². The fourth-order valence-electron chi connectivity index (χ4n) is 1.36. The molecule has 3 nitrogen and oxygen atoms in total. The molecular weight excluding hydrogens is 224 g/mol. The van der Waals surface area contributed by atoms with Crippen molar-refractivity contribution in [2.24, 2.45) is 0 Å². The third kappa shape index (κ3) is 3.82. The van der Waals surface area contributed by atoms with Crippen molar-refractivity contribution in [3.63, 3.8) is 0 Å². The molecule has 0 aliphatic rings. The van der Waals surface area contributed by atoms with Crippen molar-refractivity contribution in [3.8, 4) is 6.07 Å². The largest absolute Gasteiger partial charge is 0.383 e. The van der Waals surface area contributed by atoms with Crippen LogP contribution in [-0.4, -0.2) is 19.8 Å². The zero-order chi connectivity index (χ0) is 12.0. The van der Waals surface area contributed by atoms with Crippen molar-refractivity contribution < 1.29 is 4.74 Å².